The molecule has 6 aromatic rings. The van der Waals surface area contributed by atoms with Crippen LogP contribution in [0.5, 0.6) is 0 Å². The van der Waals surface area contributed by atoms with E-state index in [1.165, 1.54) is 72.0 Å². The van der Waals surface area contributed by atoms with Crippen LogP contribution >= 0.6 is 0 Å². The summed E-state index contributed by atoms with van der Waals surface area (Å²) >= 11 is 0. The minimum atomic E-state index is -0.0500. The fourth-order valence-electron chi connectivity index (χ4n) is 8.41. The van der Waals surface area contributed by atoms with Gasteiger partial charge < -0.3 is 0 Å². The summed E-state index contributed by atoms with van der Waals surface area (Å²) in [6.45, 7) is 9.43. The molecule has 3 nitrogen and oxygen atoms in total. The minimum Gasteiger partial charge on any atom is -0.279 e. The van der Waals surface area contributed by atoms with Crippen LogP contribution < -0.4 is 16.0 Å². The molecule has 1 saturated heterocycles. The van der Waals surface area contributed by atoms with E-state index in [2.05, 4.69) is 171 Å². The summed E-state index contributed by atoms with van der Waals surface area (Å²) in [6, 6.07) is 47.3. The van der Waals surface area contributed by atoms with Crippen molar-refractivity contribution in [1.29, 1.82) is 0 Å². The molecular weight excluding hydrogens is 558 g/mol. The van der Waals surface area contributed by atoms with Crippen molar-refractivity contribution in [1.82, 2.24) is 16.0 Å². The van der Waals surface area contributed by atoms with Gasteiger partial charge in [-0.15, -0.1) is 0 Å². The van der Waals surface area contributed by atoms with Crippen LogP contribution in [0.2, 0.25) is 0 Å². The van der Waals surface area contributed by atoms with Crippen molar-refractivity contribution < 1.29 is 0 Å². The maximum absolute atomic E-state index is 3.98. The average molecular weight is 598 g/mol. The van der Waals surface area contributed by atoms with Crippen molar-refractivity contribution in [3.8, 4) is 22.3 Å². The van der Waals surface area contributed by atoms with E-state index in [1.54, 1.807) is 0 Å². The number of rotatable bonds is 3. The summed E-state index contributed by atoms with van der Waals surface area (Å²) in [7, 11) is 0. The highest BCUT2D eigenvalue weighted by molar-refractivity contribution is 5.84. The van der Waals surface area contributed by atoms with Crippen molar-refractivity contribution in [2.45, 2.75) is 57.0 Å². The second-order valence-corrected chi connectivity index (χ2v) is 14.4. The molecule has 6 aromatic carbocycles. The molecule has 2 atom stereocenters. The molecule has 1 aliphatic heterocycles. The van der Waals surface area contributed by atoms with Crippen molar-refractivity contribution in [3.63, 3.8) is 0 Å². The molecule has 2 aliphatic carbocycles. The molecule has 1 heterocycles. The van der Waals surface area contributed by atoms with Gasteiger partial charge in [-0.2, -0.15) is 0 Å². The largest absolute Gasteiger partial charge is 0.279 e. The van der Waals surface area contributed by atoms with E-state index in [0.29, 0.717) is 0 Å². The maximum Gasteiger partial charge on any atom is 0.0864 e. The van der Waals surface area contributed by atoms with Gasteiger partial charge in [-0.25, -0.2) is 0 Å². The quantitative estimate of drug-likeness (QED) is 0.190. The van der Waals surface area contributed by atoms with Crippen molar-refractivity contribution in [2.24, 2.45) is 0 Å². The van der Waals surface area contributed by atoms with E-state index in [9.17, 15) is 0 Å². The lowest BCUT2D eigenvalue weighted by molar-refractivity contribution is 0.203. The highest BCUT2D eigenvalue weighted by Gasteiger charge is 2.39. The van der Waals surface area contributed by atoms with E-state index < -0.39 is 0 Å². The van der Waals surface area contributed by atoms with Gasteiger partial charge in [-0.05, 0) is 78.0 Å². The first-order chi connectivity index (χ1) is 22.3. The molecule has 1 fully saturated rings. The number of benzene rings is 6. The molecule has 0 radical (unpaired) electrons. The Hall–Kier alpha value is -4.54. The van der Waals surface area contributed by atoms with E-state index in [4.69, 9.17) is 0 Å². The van der Waals surface area contributed by atoms with Gasteiger partial charge in [-0.1, -0.05) is 149 Å². The van der Waals surface area contributed by atoms with Crippen LogP contribution in [0.15, 0.2) is 127 Å². The van der Waals surface area contributed by atoms with E-state index in [-0.39, 0.29) is 29.3 Å². The molecule has 0 saturated carbocycles. The molecule has 3 aliphatic rings. The predicted octanol–water partition coefficient (Wildman–Crippen LogP) is 9.63. The number of hydrogen-bond acceptors (Lipinski definition) is 3. The van der Waals surface area contributed by atoms with Gasteiger partial charge in [0.2, 0.25) is 0 Å². The minimum absolute atomic E-state index is 0.0437. The lowest BCUT2D eigenvalue weighted by Gasteiger charge is -2.40. The molecule has 226 valence electrons. The third-order valence-corrected chi connectivity index (χ3v) is 11.0. The zero-order chi connectivity index (χ0) is 31.2. The van der Waals surface area contributed by atoms with Gasteiger partial charge in [0.05, 0.1) is 18.5 Å². The zero-order valence-electron chi connectivity index (χ0n) is 26.9. The first-order valence-electron chi connectivity index (χ1n) is 16.5. The summed E-state index contributed by atoms with van der Waals surface area (Å²) in [5, 5.41) is 14.4. The Balaban J connectivity index is 1.13. The molecule has 0 spiro atoms. The molecule has 2 unspecified atom stereocenters. The predicted molar refractivity (Wildman–Crippen MR) is 190 cm³/mol. The molecular formula is C43H39N3. The summed E-state index contributed by atoms with van der Waals surface area (Å²) in [5.74, 6) is 0. The summed E-state index contributed by atoms with van der Waals surface area (Å²) in [4.78, 5) is 0. The van der Waals surface area contributed by atoms with Gasteiger partial charge in [0.25, 0.3) is 0 Å². The SMILES string of the molecule is CC1(C)c2ccccc2-c2ccc(C3NC(c4ccc5c(c4)C(C)(C)c4ccccc4-5)NC(c4ccc5ccccc5c4)N3)cc21. The molecule has 3 N–H and O–H groups in total. The number of nitrogens with one attached hydrogen (secondary N) is 3. The second-order valence-electron chi connectivity index (χ2n) is 14.4. The summed E-state index contributed by atoms with van der Waals surface area (Å²) in [6.07, 6.45) is -0.144. The van der Waals surface area contributed by atoms with E-state index in [1.807, 2.05) is 0 Å². The second kappa shape index (κ2) is 9.98. The molecule has 0 amide bonds. The highest BCUT2D eigenvalue weighted by Crippen LogP contribution is 2.50. The van der Waals surface area contributed by atoms with Gasteiger partial charge in [0, 0.05) is 10.8 Å². The van der Waals surface area contributed by atoms with Crippen molar-refractivity contribution >= 4 is 10.8 Å². The van der Waals surface area contributed by atoms with Gasteiger partial charge in [-0.3, -0.25) is 16.0 Å². The molecule has 46 heavy (non-hydrogen) atoms. The van der Waals surface area contributed by atoms with Crippen LogP contribution in [0, 0.1) is 0 Å². The van der Waals surface area contributed by atoms with Gasteiger partial charge >= 0.3 is 0 Å². The van der Waals surface area contributed by atoms with Crippen molar-refractivity contribution in [3.05, 3.63) is 166 Å². The Morgan fingerprint density at radius 1 is 0.370 bits per heavy atom. The van der Waals surface area contributed by atoms with Crippen LogP contribution in [0.4, 0.5) is 0 Å². The topological polar surface area (TPSA) is 36.1 Å². The van der Waals surface area contributed by atoms with Gasteiger partial charge in [0.1, 0.15) is 0 Å². The molecule has 0 aromatic heterocycles. The Labute approximate surface area is 271 Å². The monoisotopic (exact) mass is 597 g/mol. The smallest absolute Gasteiger partial charge is 0.0864 e. The maximum atomic E-state index is 3.98. The Bertz CT molecular complexity index is 2060. The lowest BCUT2D eigenvalue weighted by atomic mass is 9.81. The van der Waals surface area contributed by atoms with Crippen LogP contribution in [0.25, 0.3) is 33.0 Å². The summed E-state index contributed by atoms with van der Waals surface area (Å²) in [5.41, 5.74) is 14.6. The fraction of sp³-hybridized carbons (Fsp3) is 0.209. The van der Waals surface area contributed by atoms with Gasteiger partial charge in [0.15, 0.2) is 0 Å². The zero-order valence-corrected chi connectivity index (χ0v) is 26.9. The highest BCUT2D eigenvalue weighted by atomic mass is 15.4. The number of hydrogen-bond donors (Lipinski definition) is 3. The summed E-state index contributed by atoms with van der Waals surface area (Å²) < 4.78 is 0. The van der Waals surface area contributed by atoms with Crippen molar-refractivity contribution in [2.75, 3.05) is 0 Å². The molecule has 3 heteroatoms. The van der Waals surface area contributed by atoms with Crippen LogP contribution in [0.3, 0.4) is 0 Å². The third kappa shape index (κ3) is 4.09. The first-order valence-corrected chi connectivity index (χ1v) is 16.5. The fourth-order valence-corrected chi connectivity index (χ4v) is 8.41. The first kappa shape index (κ1) is 27.7. The lowest BCUT2D eigenvalue weighted by Crippen LogP contribution is -2.54. The Morgan fingerprint density at radius 3 is 1.28 bits per heavy atom. The van der Waals surface area contributed by atoms with Crippen LogP contribution in [-0.4, -0.2) is 0 Å². The van der Waals surface area contributed by atoms with E-state index >= 15 is 0 Å². The van der Waals surface area contributed by atoms with E-state index in [0.717, 1.165) is 0 Å². The Morgan fingerprint density at radius 2 is 0.761 bits per heavy atom. The number of fused-ring (bicyclic) bond motifs is 7. The molecule has 0 bridgehead atoms. The standard InChI is InChI=1S/C43H39N3/c1-42(2)35-15-9-7-13-31(35)33-21-19-29(24-37(33)42)40-44-39(28-18-17-26-11-5-6-12-27(26)23-28)45-41(46-40)30-20-22-34-32-14-8-10-16-36(32)43(3,4)38(34)25-30/h5-25,39-41,44-46H,1-4H3. The molecule has 9 rings (SSSR count). The Kier molecular flexibility index (Phi) is 6.02. The third-order valence-electron chi connectivity index (χ3n) is 11.0. The normalized spacial score (nSPS) is 21.8. The van der Waals surface area contributed by atoms with Crippen LogP contribution in [-0.2, 0) is 10.8 Å². The van der Waals surface area contributed by atoms with Crippen LogP contribution in [0.1, 0.15) is 85.1 Å². The average Bonchev–Trinajstić information content (AvgIpc) is 3.47.